The summed E-state index contributed by atoms with van der Waals surface area (Å²) < 4.78 is 7.58. The predicted octanol–water partition coefficient (Wildman–Crippen LogP) is 2.92. The van der Waals surface area contributed by atoms with Crippen LogP contribution < -0.4 is 5.32 Å². The third-order valence-electron chi connectivity index (χ3n) is 4.42. The Kier molecular flexibility index (Phi) is 4.31. The van der Waals surface area contributed by atoms with Crippen molar-refractivity contribution in [2.75, 3.05) is 13.2 Å². The molecule has 0 spiro atoms. The minimum atomic E-state index is -0.110. The molecular formula is C20H19N3O2. The van der Waals surface area contributed by atoms with Crippen molar-refractivity contribution in [2.24, 2.45) is 0 Å². The molecule has 2 heterocycles. The van der Waals surface area contributed by atoms with Gasteiger partial charge in [0, 0.05) is 24.5 Å². The van der Waals surface area contributed by atoms with Crippen LogP contribution in [0.3, 0.4) is 0 Å². The van der Waals surface area contributed by atoms with Crippen molar-refractivity contribution in [1.29, 1.82) is 0 Å². The molecule has 126 valence electrons. The van der Waals surface area contributed by atoms with Crippen molar-refractivity contribution < 1.29 is 9.53 Å². The van der Waals surface area contributed by atoms with Crippen LogP contribution in [0.1, 0.15) is 27.6 Å². The first kappa shape index (κ1) is 15.6. The fourth-order valence-electron chi connectivity index (χ4n) is 3.14. The fourth-order valence-corrected chi connectivity index (χ4v) is 3.14. The van der Waals surface area contributed by atoms with Gasteiger partial charge >= 0.3 is 0 Å². The number of carbonyl (C=O) groups is 1. The van der Waals surface area contributed by atoms with Gasteiger partial charge in [-0.1, -0.05) is 30.3 Å². The molecule has 2 aromatic carbocycles. The molecule has 5 heteroatoms. The van der Waals surface area contributed by atoms with E-state index in [2.05, 4.69) is 22.5 Å². The molecule has 0 radical (unpaired) electrons. The summed E-state index contributed by atoms with van der Waals surface area (Å²) in [5.41, 5.74) is 3.93. The van der Waals surface area contributed by atoms with Gasteiger partial charge < -0.3 is 10.1 Å². The lowest BCUT2D eigenvalue weighted by Gasteiger charge is -2.26. The minimum Gasteiger partial charge on any atom is -0.371 e. The van der Waals surface area contributed by atoms with E-state index in [9.17, 15) is 4.79 Å². The SMILES string of the molecule is O=C(NC[C@@H]1OCCc2ccccc21)c1cccc(-n2cccn2)c1. The maximum atomic E-state index is 12.5. The van der Waals surface area contributed by atoms with Gasteiger partial charge in [0.25, 0.3) is 5.91 Å². The molecule has 0 saturated heterocycles. The predicted molar refractivity (Wildman–Crippen MR) is 94.7 cm³/mol. The highest BCUT2D eigenvalue weighted by Crippen LogP contribution is 2.26. The van der Waals surface area contributed by atoms with E-state index in [1.807, 2.05) is 42.6 Å². The summed E-state index contributed by atoms with van der Waals surface area (Å²) in [7, 11) is 0. The summed E-state index contributed by atoms with van der Waals surface area (Å²) in [6, 6.07) is 17.5. The quantitative estimate of drug-likeness (QED) is 0.799. The van der Waals surface area contributed by atoms with Crippen LogP contribution in [-0.2, 0) is 11.2 Å². The molecule has 5 nitrogen and oxygen atoms in total. The van der Waals surface area contributed by atoms with Gasteiger partial charge in [0.15, 0.2) is 0 Å². The van der Waals surface area contributed by atoms with E-state index in [0.29, 0.717) is 18.7 Å². The van der Waals surface area contributed by atoms with Gasteiger partial charge in [-0.25, -0.2) is 4.68 Å². The summed E-state index contributed by atoms with van der Waals surface area (Å²) in [4.78, 5) is 12.5. The highest BCUT2D eigenvalue weighted by atomic mass is 16.5. The van der Waals surface area contributed by atoms with Crippen LogP contribution in [0.5, 0.6) is 0 Å². The number of fused-ring (bicyclic) bond motifs is 1. The summed E-state index contributed by atoms with van der Waals surface area (Å²) in [6.07, 6.45) is 4.39. The number of hydrogen-bond donors (Lipinski definition) is 1. The topological polar surface area (TPSA) is 56.1 Å². The zero-order valence-corrected chi connectivity index (χ0v) is 13.8. The lowest BCUT2D eigenvalue weighted by molar-refractivity contribution is 0.0411. The summed E-state index contributed by atoms with van der Waals surface area (Å²) in [6.45, 7) is 1.15. The van der Waals surface area contributed by atoms with E-state index in [1.165, 1.54) is 11.1 Å². The van der Waals surface area contributed by atoms with Gasteiger partial charge in [0.2, 0.25) is 0 Å². The van der Waals surface area contributed by atoms with Crippen LogP contribution in [0, 0.1) is 0 Å². The first-order valence-corrected chi connectivity index (χ1v) is 8.39. The number of ether oxygens (including phenoxy) is 1. The summed E-state index contributed by atoms with van der Waals surface area (Å²) >= 11 is 0. The smallest absolute Gasteiger partial charge is 0.251 e. The Balaban J connectivity index is 1.46. The van der Waals surface area contributed by atoms with E-state index in [4.69, 9.17) is 4.74 Å². The number of hydrogen-bond acceptors (Lipinski definition) is 3. The Morgan fingerprint density at radius 2 is 2.12 bits per heavy atom. The van der Waals surface area contributed by atoms with Gasteiger partial charge in [-0.15, -0.1) is 0 Å². The minimum absolute atomic E-state index is 0.0943. The highest BCUT2D eigenvalue weighted by Gasteiger charge is 2.21. The van der Waals surface area contributed by atoms with Gasteiger partial charge in [0.1, 0.15) is 6.10 Å². The summed E-state index contributed by atoms with van der Waals surface area (Å²) in [5, 5.41) is 7.18. The lowest BCUT2D eigenvalue weighted by Crippen LogP contribution is -2.31. The van der Waals surface area contributed by atoms with E-state index in [0.717, 1.165) is 12.1 Å². The highest BCUT2D eigenvalue weighted by molar-refractivity contribution is 5.94. The standard InChI is InChI=1S/C20H19N3O2/c24-20(16-6-3-7-17(13-16)23-11-4-10-22-23)21-14-19-18-8-2-1-5-15(18)9-12-25-19/h1-8,10-11,13,19H,9,12,14H2,(H,21,24)/t19-/m0/s1. The zero-order chi connectivity index (χ0) is 17.1. The monoisotopic (exact) mass is 333 g/mol. The van der Waals surface area contributed by atoms with Crippen molar-refractivity contribution >= 4 is 5.91 Å². The van der Waals surface area contributed by atoms with Crippen LogP contribution >= 0.6 is 0 Å². The third-order valence-corrected chi connectivity index (χ3v) is 4.42. The number of nitrogens with one attached hydrogen (secondary N) is 1. The second-order valence-electron chi connectivity index (χ2n) is 6.02. The van der Waals surface area contributed by atoms with Crippen molar-refractivity contribution in [2.45, 2.75) is 12.5 Å². The van der Waals surface area contributed by atoms with Gasteiger partial charge in [-0.2, -0.15) is 5.10 Å². The molecule has 0 bridgehead atoms. The molecule has 1 N–H and O–H groups in total. The van der Waals surface area contributed by atoms with Gasteiger partial charge in [-0.05, 0) is 41.8 Å². The Morgan fingerprint density at radius 1 is 1.20 bits per heavy atom. The number of rotatable bonds is 4. The molecule has 0 saturated carbocycles. The second kappa shape index (κ2) is 6.91. The number of aromatic nitrogens is 2. The molecule has 0 fully saturated rings. The molecule has 3 aromatic rings. The number of nitrogens with zero attached hydrogens (tertiary/aromatic N) is 2. The van der Waals surface area contributed by atoms with E-state index in [-0.39, 0.29) is 12.0 Å². The normalized spacial score (nSPS) is 16.2. The van der Waals surface area contributed by atoms with Crippen LogP contribution in [0.2, 0.25) is 0 Å². The van der Waals surface area contributed by atoms with E-state index < -0.39 is 0 Å². The molecule has 1 atom stereocenters. The Morgan fingerprint density at radius 3 is 3.00 bits per heavy atom. The molecule has 1 aliphatic rings. The summed E-state index contributed by atoms with van der Waals surface area (Å²) in [5.74, 6) is -0.110. The van der Waals surface area contributed by atoms with E-state index >= 15 is 0 Å². The van der Waals surface area contributed by atoms with Crippen LogP contribution in [0.25, 0.3) is 5.69 Å². The molecule has 1 aliphatic heterocycles. The lowest BCUT2D eigenvalue weighted by atomic mass is 9.97. The molecule has 0 unspecified atom stereocenters. The number of carbonyl (C=O) groups excluding carboxylic acids is 1. The second-order valence-corrected chi connectivity index (χ2v) is 6.02. The van der Waals surface area contributed by atoms with Gasteiger partial charge in [0.05, 0.1) is 12.3 Å². The molecule has 25 heavy (non-hydrogen) atoms. The fraction of sp³-hybridized carbons (Fsp3) is 0.200. The maximum absolute atomic E-state index is 12.5. The Bertz CT molecular complexity index is 874. The van der Waals surface area contributed by atoms with Crippen molar-refractivity contribution in [3.63, 3.8) is 0 Å². The molecule has 4 rings (SSSR count). The maximum Gasteiger partial charge on any atom is 0.251 e. The third kappa shape index (κ3) is 3.32. The van der Waals surface area contributed by atoms with Gasteiger partial charge in [-0.3, -0.25) is 4.79 Å². The van der Waals surface area contributed by atoms with Crippen LogP contribution in [0.15, 0.2) is 67.0 Å². The molecule has 0 aliphatic carbocycles. The zero-order valence-electron chi connectivity index (χ0n) is 13.8. The number of amides is 1. The number of benzene rings is 2. The Hall–Kier alpha value is -2.92. The average molecular weight is 333 g/mol. The molecule has 1 amide bonds. The first-order valence-electron chi connectivity index (χ1n) is 8.39. The van der Waals surface area contributed by atoms with E-state index in [1.54, 1.807) is 16.9 Å². The van der Waals surface area contributed by atoms with Crippen molar-refractivity contribution in [3.05, 3.63) is 83.7 Å². The van der Waals surface area contributed by atoms with Crippen molar-refractivity contribution in [3.8, 4) is 5.69 Å². The van der Waals surface area contributed by atoms with Crippen LogP contribution in [0.4, 0.5) is 0 Å². The Labute approximate surface area is 146 Å². The largest absolute Gasteiger partial charge is 0.371 e. The average Bonchev–Trinajstić information content (AvgIpc) is 3.21. The van der Waals surface area contributed by atoms with Crippen LogP contribution in [-0.4, -0.2) is 28.8 Å². The van der Waals surface area contributed by atoms with Crippen molar-refractivity contribution in [1.82, 2.24) is 15.1 Å². The molecular weight excluding hydrogens is 314 g/mol. The molecule has 1 aromatic heterocycles. The first-order chi connectivity index (χ1) is 12.3.